The number of hydrogen-bond donors (Lipinski definition) is 0. The number of pyridine rings is 1. The Morgan fingerprint density at radius 1 is 1.06 bits per heavy atom. The summed E-state index contributed by atoms with van der Waals surface area (Å²) in [5.41, 5.74) is 1.94. The number of nitrogens with zero attached hydrogens (tertiary/aromatic N) is 6. The predicted molar refractivity (Wildman–Crippen MR) is 111 cm³/mol. The number of aromatic nitrogens is 5. The predicted octanol–water partition coefficient (Wildman–Crippen LogP) is 3.15. The van der Waals surface area contributed by atoms with E-state index in [1.807, 2.05) is 13.1 Å². The Labute approximate surface area is 179 Å². The zero-order valence-electron chi connectivity index (χ0n) is 17.2. The highest BCUT2D eigenvalue weighted by Gasteiger charge is 2.28. The molecular weight excluding hydrogens is 399 g/mol. The molecule has 1 fully saturated rings. The first-order valence-electron chi connectivity index (χ1n) is 10.5. The second-order valence-electron chi connectivity index (χ2n) is 7.70. The van der Waals surface area contributed by atoms with E-state index in [1.165, 1.54) is 12.1 Å². The number of hydrogen-bond acceptors (Lipinski definition) is 8. The molecule has 8 nitrogen and oxygen atoms in total. The van der Waals surface area contributed by atoms with E-state index in [4.69, 9.17) is 9.47 Å². The van der Waals surface area contributed by atoms with Gasteiger partial charge in [0.1, 0.15) is 17.7 Å². The molecule has 1 atom stereocenters. The first kappa shape index (κ1) is 19.7. The second kappa shape index (κ2) is 8.50. The summed E-state index contributed by atoms with van der Waals surface area (Å²) in [7, 11) is 0. The molecule has 0 spiro atoms. The highest BCUT2D eigenvalue weighted by atomic mass is 19.1. The van der Waals surface area contributed by atoms with Gasteiger partial charge < -0.3 is 14.4 Å². The topological polar surface area (TPSA) is 86.2 Å². The SMILES string of the molecule is CC1c2cnc(-c3ncccn3)nc2CCN1c1cc(F)cc(OC2CCOCC2)n1. The van der Waals surface area contributed by atoms with Crippen LogP contribution < -0.4 is 9.64 Å². The Morgan fingerprint density at radius 2 is 1.87 bits per heavy atom. The summed E-state index contributed by atoms with van der Waals surface area (Å²) in [6, 6.07) is 4.50. The summed E-state index contributed by atoms with van der Waals surface area (Å²) in [5.74, 6) is 1.51. The number of rotatable bonds is 4. The van der Waals surface area contributed by atoms with Crippen LogP contribution in [0.25, 0.3) is 11.6 Å². The molecule has 1 unspecified atom stereocenters. The molecule has 0 amide bonds. The van der Waals surface area contributed by atoms with E-state index in [-0.39, 0.29) is 18.0 Å². The normalized spacial score (nSPS) is 19.2. The monoisotopic (exact) mass is 422 g/mol. The Balaban J connectivity index is 1.39. The molecule has 1 saturated heterocycles. The lowest BCUT2D eigenvalue weighted by molar-refractivity contribution is 0.0236. The van der Waals surface area contributed by atoms with Crippen molar-refractivity contribution in [2.75, 3.05) is 24.7 Å². The van der Waals surface area contributed by atoms with Gasteiger partial charge in [-0.1, -0.05) is 0 Å². The molecule has 5 heterocycles. The molecule has 0 aliphatic carbocycles. The van der Waals surface area contributed by atoms with Gasteiger partial charge in [-0.3, -0.25) is 0 Å². The molecule has 0 saturated carbocycles. The zero-order valence-corrected chi connectivity index (χ0v) is 17.2. The van der Waals surface area contributed by atoms with Crippen LogP contribution in [0.1, 0.15) is 37.1 Å². The second-order valence-corrected chi connectivity index (χ2v) is 7.70. The van der Waals surface area contributed by atoms with Gasteiger partial charge in [-0.25, -0.2) is 24.3 Å². The lowest BCUT2D eigenvalue weighted by Gasteiger charge is -2.35. The van der Waals surface area contributed by atoms with Crippen molar-refractivity contribution in [1.29, 1.82) is 0 Å². The third-order valence-electron chi connectivity index (χ3n) is 5.68. The molecule has 9 heteroatoms. The van der Waals surface area contributed by atoms with Crippen molar-refractivity contribution in [2.24, 2.45) is 0 Å². The number of anilines is 1. The van der Waals surface area contributed by atoms with Crippen molar-refractivity contribution in [1.82, 2.24) is 24.9 Å². The Hall–Kier alpha value is -3.20. The van der Waals surface area contributed by atoms with Crippen molar-refractivity contribution in [2.45, 2.75) is 38.3 Å². The Morgan fingerprint density at radius 3 is 2.68 bits per heavy atom. The summed E-state index contributed by atoms with van der Waals surface area (Å²) < 4.78 is 25.7. The molecule has 0 radical (unpaired) electrons. The standard InChI is InChI=1S/C22H23FN6O2/c1-14-17-13-26-22(21-24-6-2-7-25-21)27-18(17)3-8-29(14)19-11-15(23)12-20(28-19)31-16-4-9-30-10-5-16/h2,6-7,11-14,16H,3-5,8-10H2,1H3. The average molecular weight is 422 g/mol. The van der Waals surface area contributed by atoms with E-state index < -0.39 is 0 Å². The van der Waals surface area contributed by atoms with Gasteiger partial charge in [0.15, 0.2) is 11.6 Å². The smallest absolute Gasteiger partial charge is 0.218 e. The van der Waals surface area contributed by atoms with Crippen LogP contribution in [-0.2, 0) is 11.2 Å². The molecule has 0 bridgehead atoms. The van der Waals surface area contributed by atoms with Gasteiger partial charge in [0.05, 0.1) is 24.9 Å². The molecule has 0 aromatic carbocycles. The van der Waals surface area contributed by atoms with Crippen molar-refractivity contribution in [3.8, 4) is 17.5 Å². The van der Waals surface area contributed by atoms with E-state index in [2.05, 4.69) is 29.8 Å². The first-order chi connectivity index (χ1) is 15.2. The summed E-state index contributed by atoms with van der Waals surface area (Å²) >= 11 is 0. The van der Waals surface area contributed by atoms with E-state index in [9.17, 15) is 4.39 Å². The third kappa shape index (κ3) is 4.18. The van der Waals surface area contributed by atoms with Crippen molar-refractivity contribution in [3.63, 3.8) is 0 Å². The summed E-state index contributed by atoms with van der Waals surface area (Å²) in [6.45, 7) is 4.02. The lowest BCUT2D eigenvalue weighted by Crippen LogP contribution is -2.35. The minimum atomic E-state index is -0.363. The number of fused-ring (bicyclic) bond motifs is 1. The molecule has 160 valence electrons. The largest absolute Gasteiger partial charge is 0.474 e. The van der Waals surface area contributed by atoms with E-state index >= 15 is 0 Å². The highest BCUT2D eigenvalue weighted by Crippen LogP contribution is 2.33. The summed E-state index contributed by atoms with van der Waals surface area (Å²) in [6.07, 6.45) is 7.41. The van der Waals surface area contributed by atoms with E-state index in [0.29, 0.717) is 49.5 Å². The fourth-order valence-corrected chi connectivity index (χ4v) is 4.03. The van der Waals surface area contributed by atoms with Crippen LogP contribution in [0.5, 0.6) is 5.88 Å². The lowest BCUT2D eigenvalue weighted by atomic mass is 9.99. The number of halogens is 1. The average Bonchev–Trinajstić information content (AvgIpc) is 2.80. The van der Waals surface area contributed by atoms with Crippen LogP contribution in [0, 0.1) is 5.82 Å². The fourth-order valence-electron chi connectivity index (χ4n) is 4.03. The summed E-state index contributed by atoms with van der Waals surface area (Å²) in [5, 5.41) is 0. The maximum atomic E-state index is 14.4. The van der Waals surface area contributed by atoms with Crippen molar-refractivity contribution < 1.29 is 13.9 Å². The molecule has 3 aromatic rings. The molecule has 2 aliphatic heterocycles. The van der Waals surface area contributed by atoms with Crippen LogP contribution in [0.4, 0.5) is 10.2 Å². The third-order valence-corrected chi connectivity index (χ3v) is 5.68. The minimum absolute atomic E-state index is 0.00225. The minimum Gasteiger partial charge on any atom is -0.474 e. The molecule has 31 heavy (non-hydrogen) atoms. The Bertz CT molecular complexity index is 1060. The van der Waals surface area contributed by atoms with Gasteiger partial charge in [-0.2, -0.15) is 4.98 Å². The zero-order chi connectivity index (χ0) is 21.2. The van der Waals surface area contributed by atoms with Gasteiger partial charge >= 0.3 is 0 Å². The van der Waals surface area contributed by atoms with Gasteiger partial charge in [0.25, 0.3) is 0 Å². The molecule has 0 N–H and O–H groups in total. The highest BCUT2D eigenvalue weighted by molar-refractivity contribution is 5.49. The fraction of sp³-hybridized carbons (Fsp3) is 0.409. The van der Waals surface area contributed by atoms with Gasteiger partial charge in [-0.05, 0) is 13.0 Å². The van der Waals surface area contributed by atoms with Crippen LogP contribution in [0.15, 0.2) is 36.8 Å². The van der Waals surface area contributed by atoms with Crippen LogP contribution in [0.2, 0.25) is 0 Å². The van der Waals surface area contributed by atoms with Crippen molar-refractivity contribution in [3.05, 3.63) is 53.9 Å². The summed E-state index contributed by atoms with van der Waals surface area (Å²) in [4.78, 5) is 24.3. The molecular formula is C22H23FN6O2. The quantitative estimate of drug-likeness (QED) is 0.634. The van der Waals surface area contributed by atoms with Crippen LogP contribution in [-0.4, -0.2) is 50.8 Å². The maximum Gasteiger partial charge on any atom is 0.218 e. The van der Waals surface area contributed by atoms with Crippen molar-refractivity contribution >= 4 is 5.82 Å². The molecule has 5 rings (SSSR count). The van der Waals surface area contributed by atoms with Crippen LogP contribution >= 0.6 is 0 Å². The van der Waals surface area contributed by atoms with Gasteiger partial charge in [-0.15, -0.1) is 0 Å². The van der Waals surface area contributed by atoms with E-state index in [1.54, 1.807) is 18.5 Å². The molecule has 2 aliphatic rings. The first-order valence-corrected chi connectivity index (χ1v) is 10.5. The van der Waals surface area contributed by atoms with Gasteiger partial charge in [0.2, 0.25) is 5.88 Å². The van der Waals surface area contributed by atoms with Crippen LogP contribution in [0.3, 0.4) is 0 Å². The Kier molecular flexibility index (Phi) is 5.42. The maximum absolute atomic E-state index is 14.4. The number of ether oxygens (including phenoxy) is 2. The molecule has 3 aromatic heterocycles. The van der Waals surface area contributed by atoms with E-state index in [0.717, 1.165) is 24.1 Å². The van der Waals surface area contributed by atoms with Gasteiger partial charge in [0, 0.05) is 62.1 Å².